The summed E-state index contributed by atoms with van der Waals surface area (Å²) in [5.41, 5.74) is 4.60. The number of nitrogens with one attached hydrogen (secondary N) is 1. The van der Waals surface area contributed by atoms with Gasteiger partial charge in [-0.3, -0.25) is 0 Å². The Morgan fingerprint density at radius 3 is 2.78 bits per heavy atom. The van der Waals surface area contributed by atoms with Gasteiger partial charge in [0, 0.05) is 17.0 Å². The Kier molecular flexibility index (Phi) is 3.28. The third kappa shape index (κ3) is 2.55. The second-order valence-corrected chi connectivity index (χ2v) is 6.26. The maximum absolute atomic E-state index is 5.47. The molecule has 0 fully saturated rings. The number of fused-ring (bicyclic) bond motifs is 1. The van der Waals surface area contributed by atoms with Crippen molar-refractivity contribution in [2.24, 2.45) is 0 Å². The molecule has 0 radical (unpaired) electrons. The maximum Gasteiger partial charge on any atom is 0.113 e. The molecule has 1 aliphatic rings. The van der Waals surface area contributed by atoms with Crippen LogP contribution in [0.1, 0.15) is 37.1 Å². The molecule has 0 spiro atoms. The average Bonchev–Trinajstić information content (AvgIpc) is 3.22. The van der Waals surface area contributed by atoms with E-state index in [4.69, 9.17) is 6.42 Å². The first-order valence-corrected chi connectivity index (χ1v) is 7.96. The van der Waals surface area contributed by atoms with Crippen LogP contribution in [-0.2, 0) is 0 Å². The van der Waals surface area contributed by atoms with Crippen LogP contribution in [0.5, 0.6) is 0 Å². The van der Waals surface area contributed by atoms with Crippen molar-refractivity contribution in [1.29, 1.82) is 0 Å². The van der Waals surface area contributed by atoms with Gasteiger partial charge < -0.3 is 4.98 Å². The van der Waals surface area contributed by atoms with Crippen LogP contribution in [-0.4, -0.2) is 9.97 Å². The van der Waals surface area contributed by atoms with E-state index >= 15 is 0 Å². The van der Waals surface area contributed by atoms with Crippen LogP contribution >= 0.6 is 0 Å². The number of aromatic nitrogens is 2. The van der Waals surface area contributed by atoms with Crippen molar-refractivity contribution in [3.05, 3.63) is 65.6 Å². The molecule has 23 heavy (non-hydrogen) atoms. The second kappa shape index (κ2) is 5.44. The third-order valence-electron chi connectivity index (χ3n) is 4.60. The maximum atomic E-state index is 5.47. The standard InChI is InChI=1S/C21H18N2/c1-3-15-5-7-17-12-18(9-8-16(17)11-15)20-13-22-21(23-20)19-6-4-14(2)10-19/h1,5,7-13,19H,4,6H2,2H3,(H,22,23)/t19-/m0/s1. The minimum atomic E-state index is 0.433. The van der Waals surface area contributed by atoms with E-state index in [1.165, 1.54) is 22.8 Å². The van der Waals surface area contributed by atoms with E-state index in [1.807, 2.05) is 18.3 Å². The number of hydrogen-bond acceptors (Lipinski definition) is 1. The largest absolute Gasteiger partial charge is 0.342 e. The molecule has 1 aliphatic carbocycles. The summed E-state index contributed by atoms with van der Waals surface area (Å²) in [6, 6.07) is 12.5. The van der Waals surface area contributed by atoms with Crippen molar-refractivity contribution in [2.75, 3.05) is 0 Å². The van der Waals surface area contributed by atoms with Gasteiger partial charge in [0.15, 0.2) is 0 Å². The van der Waals surface area contributed by atoms with Gasteiger partial charge in [0.25, 0.3) is 0 Å². The lowest BCUT2D eigenvalue weighted by atomic mass is 10.0. The summed E-state index contributed by atoms with van der Waals surface area (Å²) in [5.74, 6) is 4.18. The Balaban J connectivity index is 1.69. The highest BCUT2D eigenvalue weighted by molar-refractivity contribution is 5.87. The quantitative estimate of drug-likeness (QED) is 0.521. The second-order valence-electron chi connectivity index (χ2n) is 6.26. The van der Waals surface area contributed by atoms with E-state index in [0.29, 0.717) is 5.92 Å². The van der Waals surface area contributed by atoms with E-state index in [9.17, 15) is 0 Å². The predicted octanol–water partition coefficient (Wildman–Crippen LogP) is 5.03. The third-order valence-corrected chi connectivity index (χ3v) is 4.60. The molecule has 1 atom stereocenters. The van der Waals surface area contributed by atoms with E-state index in [-0.39, 0.29) is 0 Å². The van der Waals surface area contributed by atoms with Crippen LogP contribution in [0, 0.1) is 12.3 Å². The molecule has 0 bridgehead atoms. The monoisotopic (exact) mass is 298 g/mol. The Labute approximate surface area is 136 Å². The SMILES string of the molecule is C#Cc1ccc2cc(-c3cnc([C@@H]4C=C(C)CC4)[nH]3)ccc2c1. The van der Waals surface area contributed by atoms with Gasteiger partial charge in [-0.2, -0.15) is 0 Å². The highest BCUT2D eigenvalue weighted by Crippen LogP contribution is 2.32. The van der Waals surface area contributed by atoms with Crippen molar-refractivity contribution >= 4 is 10.8 Å². The molecule has 1 aromatic heterocycles. The van der Waals surface area contributed by atoms with Gasteiger partial charge in [-0.25, -0.2) is 4.98 Å². The minimum Gasteiger partial charge on any atom is -0.342 e. The molecule has 3 aromatic rings. The number of aromatic amines is 1. The molecular formula is C21H18N2. The first kappa shape index (κ1) is 13.8. The first-order chi connectivity index (χ1) is 11.2. The van der Waals surface area contributed by atoms with Gasteiger partial charge in [-0.15, -0.1) is 6.42 Å². The fraction of sp³-hybridized carbons (Fsp3) is 0.190. The van der Waals surface area contributed by atoms with E-state index < -0.39 is 0 Å². The summed E-state index contributed by atoms with van der Waals surface area (Å²) in [6.45, 7) is 2.19. The number of rotatable bonds is 2. The number of imidazole rings is 1. The van der Waals surface area contributed by atoms with Gasteiger partial charge in [0.2, 0.25) is 0 Å². The van der Waals surface area contributed by atoms with Crippen LogP contribution < -0.4 is 0 Å². The molecule has 0 amide bonds. The predicted molar refractivity (Wildman–Crippen MR) is 95.2 cm³/mol. The van der Waals surface area contributed by atoms with Crippen LogP contribution in [0.25, 0.3) is 22.0 Å². The summed E-state index contributed by atoms with van der Waals surface area (Å²) >= 11 is 0. The average molecular weight is 298 g/mol. The van der Waals surface area contributed by atoms with Crippen LogP contribution in [0.2, 0.25) is 0 Å². The molecular weight excluding hydrogens is 280 g/mol. The molecule has 1 heterocycles. The summed E-state index contributed by atoms with van der Waals surface area (Å²) in [5, 5.41) is 2.35. The van der Waals surface area contributed by atoms with Crippen LogP contribution in [0.4, 0.5) is 0 Å². The lowest BCUT2D eigenvalue weighted by Gasteiger charge is -2.04. The Hall–Kier alpha value is -2.79. The lowest BCUT2D eigenvalue weighted by Crippen LogP contribution is -1.93. The molecule has 1 N–H and O–H groups in total. The Morgan fingerprint density at radius 1 is 1.17 bits per heavy atom. The zero-order valence-corrected chi connectivity index (χ0v) is 13.1. The highest BCUT2D eigenvalue weighted by atomic mass is 14.9. The fourth-order valence-electron chi connectivity index (χ4n) is 3.28. The topological polar surface area (TPSA) is 28.7 Å². The molecule has 0 aliphatic heterocycles. The number of hydrogen-bond donors (Lipinski definition) is 1. The van der Waals surface area contributed by atoms with Gasteiger partial charge >= 0.3 is 0 Å². The summed E-state index contributed by atoms with van der Waals surface area (Å²) in [6.07, 6.45) is 12.1. The van der Waals surface area contributed by atoms with Crippen molar-refractivity contribution in [2.45, 2.75) is 25.7 Å². The zero-order valence-electron chi connectivity index (χ0n) is 13.1. The number of nitrogens with zero attached hydrogens (tertiary/aromatic N) is 1. The fourth-order valence-corrected chi connectivity index (χ4v) is 3.28. The summed E-state index contributed by atoms with van der Waals surface area (Å²) in [7, 11) is 0. The molecule has 2 nitrogen and oxygen atoms in total. The van der Waals surface area contributed by atoms with Crippen molar-refractivity contribution in [3.63, 3.8) is 0 Å². The number of benzene rings is 2. The molecule has 0 saturated heterocycles. The van der Waals surface area contributed by atoms with E-state index in [1.54, 1.807) is 0 Å². The number of terminal acetylenes is 1. The Morgan fingerprint density at radius 2 is 2.00 bits per heavy atom. The first-order valence-electron chi connectivity index (χ1n) is 7.96. The molecule has 2 heteroatoms. The van der Waals surface area contributed by atoms with Crippen molar-refractivity contribution in [1.82, 2.24) is 9.97 Å². The summed E-state index contributed by atoms with van der Waals surface area (Å²) < 4.78 is 0. The molecule has 0 unspecified atom stereocenters. The van der Waals surface area contributed by atoms with Gasteiger partial charge in [-0.1, -0.05) is 35.8 Å². The minimum absolute atomic E-state index is 0.433. The van der Waals surface area contributed by atoms with Gasteiger partial charge in [0.05, 0.1) is 11.9 Å². The normalized spacial score (nSPS) is 17.2. The van der Waals surface area contributed by atoms with Crippen molar-refractivity contribution in [3.8, 4) is 23.6 Å². The van der Waals surface area contributed by atoms with E-state index in [0.717, 1.165) is 29.1 Å². The van der Waals surface area contributed by atoms with Crippen LogP contribution in [0.15, 0.2) is 54.2 Å². The van der Waals surface area contributed by atoms with Crippen molar-refractivity contribution < 1.29 is 0 Å². The highest BCUT2D eigenvalue weighted by Gasteiger charge is 2.18. The summed E-state index contributed by atoms with van der Waals surface area (Å²) in [4.78, 5) is 8.08. The zero-order chi connectivity index (χ0) is 15.8. The molecule has 2 aromatic carbocycles. The lowest BCUT2D eigenvalue weighted by molar-refractivity contribution is 0.749. The van der Waals surface area contributed by atoms with E-state index in [2.05, 4.69) is 53.2 Å². The number of allylic oxidation sites excluding steroid dienone is 2. The molecule has 4 rings (SSSR count). The van der Waals surface area contributed by atoms with Gasteiger partial charge in [-0.05, 0) is 48.7 Å². The van der Waals surface area contributed by atoms with Gasteiger partial charge in [0.1, 0.15) is 5.82 Å². The van der Waals surface area contributed by atoms with Crippen LogP contribution in [0.3, 0.4) is 0 Å². The smallest absolute Gasteiger partial charge is 0.113 e. The molecule has 0 saturated carbocycles. The molecule has 112 valence electrons. The number of H-pyrrole nitrogens is 1. The Bertz CT molecular complexity index is 953.